The van der Waals surface area contributed by atoms with E-state index < -0.39 is 0 Å². The first-order chi connectivity index (χ1) is 13.8. The van der Waals surface area contributed by atoms with Crippen LogP contribution in [0.3, 0.4) is 0 Å². The Morgan fingerprint density at radius 1 is 1.29 bits per heavy atom. The van der Waals surface area contributed by atoms with Crippen LogP contribution in [-0.4, -0.2) is 66.1 Å². The Bertz CT molecular complexity index is 787. The molecule has 0 saturated carbocycles. The zero-order chi connectivity index (χ0) is 19.3. The summed E-state index contributed by atoms with van der Waals surface area (Å²) in [5.74, 6) is 1.38. The van der Waals surface area contributed by atoms with Crippen molar-refractivity contribution < 1.29 is 14.3 Å². The van der Waals surface area contributed by atoms with Gasteiger partial charge in [-0.15, -0.1) is 11.3 Å². The monoisotopic (exact) mass is 401 g/mol. The molecule has 6 nitrogen and oxygen atoms in total. The maximum Gasteiger partial charge on any atom is 0.268 e. The number of piperidine rings is 1. The van der Waals surface area contributed by atoms with Gasteiger partial charge in [0, 0.05) is 49.4 Å². The third kappa shape index (κ3) is 4.15. The molecule has 28 heavy (non-hydrogen) atoms. The molecule has 2 aliphatic rings. The summed E-state index contributed by atoms with van der Waals surface area (Å²) >= 11 is 1.43. The van der Waals surface area contributed by atoms with Crippen LogP contribution in [0.1, 0.15) is 35.1 Å². The number of amides is 1. The van der Waals surface area contributed by atoms with Crippen molar-refractivity contribution in [1.29, 1.82) is 0 Å². The predicted molar refractivity (Wildman–Crippen MR) is 109 cm³/mol. The molecule has 2 aromatic heterocycles. The Labute approximate surface area is 170 Å². The molecule has 0 bridgehead atoms. The normalized spacial score (nSPS) is 17.5. The van der Waals surface area contributed by atoms with Crippen LogP contribution >= 0.6 is 11.3 Å². The van der Waals surface area contributed by atoms with Crippen LogP contribution in [0.5, 0.6) is 11.5 Å². The Morgan fingerprint density at radius 3 is 2.86 bits per heavy atom. The van der Waals surface area contributed by atoms with E-state index in [-0.39, 0.29) is 11.9 Å². The largest absolute Gasteiger partial charge is 0.485 e. The molecular formula is C21H27N3O3S. The average Bonchev–Trinajstić information content (AvgIpc) is 3.19. The second-order valence-electron chi connectivity index (χ2n) is 7.19. The number of rotatable bonds is 6. The molecule has 0 radical (unpaired) electrons. The summed E-state index contributed by atoms with van der Waals surface area (Å²) in [7, 11) is 0. The second kappa shape index (κ2) is 8.92. The highest BCUT2D eigenvalue weighted by molar-refractivity contribution is 7.12. The van der Waals surface area contributed by atoms with Gasteiger partial charge >= 0.3 is 0 Å². The van der Waals surface area contributed by atoms with E-state index >= 15 is 0 Å². The number of ether oxygens (including phenoxy) is 2. The molecule has 2 aromatic rings. The summed E-state index contributed by atoms with van der Waals surface area (Å²) in [6, 6.07) is 6.19. The van der Waals surface area contributed by atoms with E-state index in [9.17, 15) is 4.79 Å². The first-order valence-corrected chi connectivity index (χ1v) is 10.9. The number of pyridine rings is 1. The SMILES string of the molecule is CCN1CCC(N(CCc2ccccn2)C(=O)c2scc3c2OCCO3)CC1. The zero-order valence-corrected chi connectivity index (χ0v) is 17.1. The van der Waals surface area contributed by atoms with Gasteiger partial charge in [-0.3, -0.25) is 9.78 Å². The quantitative estimate of drug-likeness (QED) is 0.745. The Balaban J connectivity index is 1.53. The van der Waals surface area contributed by atoms with Crippen molar-refractivity contribution in [2.24, 2.45) is 0 Å². The molecule has 0 unspecified atom stereocenters. The lowest BCUT2D eigenvalue weighted by atomic mass is 10.0. The zero-order valence-electron chi connectivity index (χ0n) is 16.3. The van der Waals surface area contributed by atoms with Gasteiger partial charge in [-0.05, 0) is 31.5 Å². The fourth-order valence-corrected chi connectivity index (χ4v) is 4.80. The van der Waals surface area contributed by atoms with Crippen molar-refractivity contribution in [2.45, 2.75) is 32.2 Å². The molecule has 7 heteroatoms. The molecule has 4 heterocycles. The molecular weight excluding hydrogens is 374 g/mol. The molecule has 0 aliphatic carbocycles. The van der Waals surface area contributed by atoms with Crippen molar-refractivity contribution in [3.8, 4) is 11.5 Å². The number of carbonyl (C=O) groups excluding carboxylic acids is 1. The number of thiophene rings is 1. The van der Waals surface area contributed by atoms with Crippen LogP contribution in [0.15, 0.2) is 29.8 Å². The summed E-state index contributed by atoms with van der Waals surface area (Å²) < 4.78 is 11.4. The van der Waals surface area contributed by atoms with Gasteiger partial charge in [0.15, 0.2) is 11.5 Å². The third-order valence-electron chi connectivity index (χ3n) is 5.54. The van der Waals surface area contributed by atoms with Gasteiger partial charge in [0.1, 0.15) is 18.1 Å². The minimum absolute atomic E-state index is 0.0580. The van der Waals surface area contributed by atoms with Gasteiger partial charge in [0.25, 0.3) is 5.91 Å². The Hall–Kier alpha value is -2.12. The maximum atomic E-state index is 13.5. The highest BCUT2D eigenvalue weighted by atomic mass is 32.1. The standard InChI is InChI=1S/C21H27N3O3S/c1-2-23-10-7-17(8-11-23)24(12-6-16-5-3-4-9-22-16)21(25)20-19-18(15-28-20)26-13-14-27-19/h3-5,9,15,17H,2,6-8,10-14H2,1H3. The van der Waals surface area contributed by atoms with Crippen LogP contribution in [0.25, 0.3) is 0 Å². The predicted octanol–water partition coefficient (Wildman–Crippen LogP) is 3.08. The number of carbonyl (C=O) groups is 1. The topological polar surface area (TPSA) is 54.9 Å². The van der Waals surface area contributed by atoms with Crippen molar-refractivity contribution in [2.75, 3.05) is 39.4 Å². The summed E-state index contributed by atoms with van der Waals surface area (Å²) in [5, 5.41) is 1.89. The highest BCUT2D eigenvalue weighted by Crippen LogP contribution is 2.40. The maximum absolute atomic E-state index is 13.5. The van der Waals surface area contributed by atoms with Crippen molar-refractivity contribution in [1.82, 2.24) is 14.8 Å². The lowest BCUT2D eigenvalue weighted by Crippen LogP contribution is -2.48. The number of hydrogen-bond donors (Lipinski definition) is 0. The van der Waals surface area contributed by atoms with Crippen molar-refractivity contribution in [3.63, 3.8) is 0 Å². The number of aromatic nitrogens is 1. The van der Waals surface area contributed by atoms with E-state index in [1.165, 1.54) is 11.3 Å². The lowest BCUT2D eigenvalue weighted by molar-refractivity contribution is 0.0577. The Morgan fingerprint density at radius 2 is 2.11 bits per heavy atom. The molecule has 150 valence electrons. The molecule has 1 saturated heterocycles. The van der Waals surface area contributed by atoms with Gasteiger partial charge in [-0.2, -0.15) is 0 Å². The minimum Gasteiger partial charge on any atom is -0.485 e. The van der Waals surface area contributed by atoms with Gasteiger partial charge < -0.3 is 19.3 Å². The molecule has 0 spiro atoms. The highest BCUT2D eigenvalue weighted by Gasteiger charge is 2.32. The summed E-state index contributed by atoms with van der Waals surface area (Å²) in [6.45, 7) is 7.04. The minimum atomic E-state index is 0.0580. The van der Waals surface area contributed by atoms with Gasteiger partial charge in [0.05, 0.1) is 0 Å². The van der Waals surface area contributed by atoms with Crippen LogP contribution in [-0.2, 0) is 6.42 Å². The number of fused-ring (bicyclic) bond motifs is 1. The number of nitrogens with zero attached hydrogens (tertiary/aromatic N) is 3. The molecule has 0 N–H and O–H groups in total. The van der Waals surface area contributed by atoms with E-state index in [4.69, 9.17) is 9.47 Å². The van der Waals surface area contributed by atoms with E-state index in [1.807, 2.05) is 34.7 Å². The van der Waals surface area contributed by atoms with Crippen molar-refractivity contribution >= 4 is 17.2 Å². The van der Waals surface area contributed by atoms with Gasteiger partial charge in [-0.25, -0.2) is 0 Å². The first-order valence-electron chi connectivity index (χ1n) is 10.1. The van der Waals surface area contributed by atoms with Crippen LogP contribution in [0.4, 0.5) is 0 Å². The molecule has 0 atom stereocenters. The van der Waals surface area contributed by atoms with E-state index in [0.717, 1.165) is 44.6 Å². The van der Waals surface area contributed by atoms with Crippen LogP contribution < -0.4 is 9.47 Å². The van der Waals surface area contributed by atoms with E-state index in [0.29, 0.717) is 36.1 Å². The summed E-state index contributed by atoms with van der Waals surface area (Å²) in [4.78, 5) is 23.1. The third-order valence-corrected chi connectivity index (χ3v) is 6.46. The molecule has 2 aliphatic heterocycles. The molecule has 4 rings (SSSR count). The first kappa shape index (κ1) is 19.2. The molecule has 1 fully saturated rings. The number of likely N-dealkylation sites (tertiary alicyclic amines) is 1. The summed E-state index contributed by atoms with van der Waals surface area (Å²) in [5.41, 5.74) is 1.01. The fraction of sp³-hybridized carbons (Fsp3) is 0.524. The van der Waals surface area contributed by atoms with Gasteiger partial charge in [0.2, 0.25) is 0 Å². The molecule has 1 amide bonds. The summed E-state index contributed by atoms with van der Waals surface area (Å²) in [6.07, 6.45) is 4.58. The van der Waals surface area contributed by atoms with E-state index in [1.54, 1.807) is 0 Å². The van der Waals surface area contributed by atoms with E-state index in [2.05, 4.69) is 16.8 Å². The van der Waals surface area contributed by atoms with Crippen molar-refractivity contribution in [3.05, 3.63) is 40.3 Å². The van der Waals surface area contributed by atoms with Crippen LogP contribution in [0.2, 0.25) is 0 Å². The Kier molecular flexibility index (Phi) is 6.12. The molecule has 0 aromatic carbocycles. The number of hydrogen-bond acceptors (Lipinski definition) is 6. The lowest BCUT2D eigenvalue weighted by Gasteiger charge is -2.38. The fourth-order valence-electron chi connectivity index (χ4n) is 3.92. The average molecular weight is 402 g/mol. The second-order valence-corrected chi connectivity index (χ2v) is 8.07. The smallest absolute Gasteiger partial charge is 0.268 e. The van der Waals surface area contributed by atoms with Crippen LogP contribution in [0, 0.1) is 0 Å². The van der Waals surface area contributed by atoms with Gasteiger partial charge in [-0.1, -0.05) is 13.0 Å².